The van der Waals surface area contributed by atoms with Crippen molar-refractivity contribution in [2.45, 2.75) is 38.8 Å². The fraction of sp³-hybridized carbons (Fsp3) is 0.583. The second-order valence-electron chi connectivity index (χ2n) is 4.61. The Balaban J connectivity index is 1.84. The minimum Gasteiger partial charge on any atom is -0.249 e. The molecule has 0 unspecified atom stereocenters. The van der Waals surface area contributed by atoms with Crippen molar-refractivity contribution in [3.05, 3.63) is 28.2 Å². The Kier molecular flexibility index (Phi) is 4.77. The minimum absolute atomic E-state index is 0.595. The molecule has 0 N–H and O–H groups in total. The molecule has 0 aliphatic rings. The maximum absolute atomic E-state index is 4.36. The summed E-state index contributed by atoms with van der Waals surface area (Å²) >= 11 is 3.61. The van der Waals surface area contributed by atoms with Crippen LogP contribution in [0.15, 0.2) is 12.5 Å². The maximum atomic E-state index is 4.36. The van der Waals surface area contributed by atoms with Crippen molar-refractivity contribution < 1.29 is 0 Å². The van der Waals surface area contributed by atoms with Crippen LogP contribution in [0.25, 0.3) is 0 Å². The van der Waals surface area contributed by atoms with Gasteiger partial charge in [-0.05, 0) is 12.8 Å². The number of rotatable bonds is 6. The number of hydrogen-bond acceptors (Lipinski definition) is 5. The van der Waals surface area contributed by atoms with Crippen LogP contribution >= 0.6 is 23.1 Å². The quantitative estimate of drug-likeness (QED) is 0.816. The predicted molar refractivity (Wildman–Crippen MR) is 76.7 cm³/mol. The number of hydrogen-bond donors (Lipinski definition) is 0. The highest BCUT2D eigenvalue weighted by molar-refractivity contribution is 7.97. The van der Waals surface area contributed by atoms with Crippen LogP contribution in [0.1, 0.15) is 29.6 Å². The predicted octanol–water partition coefficient (Wildman–Crippen LogP) is 3.13. The molecule has 0 saturated carbocycles. The molecule has 0 aliphatic heterocycles. The van der Waals surface area contributed by atoms with E-state index >= 15 is 0 Å². The normalized spacial score (nSPS) is 11.3. The lowest BCUT2D eigenvalue weighted by atomic mass is 10.2. The zero-order valence-electron chi connectivity index (χ0n) is 11.0. The molecule has 18 heavy (non-hydrogen) atoms. The molecular formula is C12H18N4S2. The lowest BCUT2D eigenvalue weighted by molar-refractivity contribution is 0.471. The molecule has 0 fully saturated rings. The van der Waals surface area contributed by atoms with Crippen molar-refractivity contribution in [2.24, 2.45) is 5.92 Å². The van der Waals surface area contributed by atoms with Crippen molar-refractivity contribution in [1.29, 1.82) is 0 Å². The molecule has 2 aromatic heterocycles. The van der Waals surface area contributed by atoms with E-state index in [0.717, 1.165) is 23.9 Å². The number of aromatic nitrogens is 4. The zero-order chi connectivity index (χ0) is 13.0. The topological polar surface area (TPSA) is 43.6 Å². The summed E-state index contributed by atoms with van der Waals surface area (Å²) in [7, 11) is 0. The van der Waals surface area contributed by atoms with Crippen molar-refractivity contribution >= 4 is 23.1 Å². The van der Waals surface area contributed by atoms with Crippen molar-refractivity contribution in [3.63, 3.8) is 0 Å². The minimum atomic E-state index is 0.595. The Labute approximate surface area is 116 Å². The molecule has 98 valence electrons. The van der Waals surface area contributed by atoms with Gasteiger partial charge in [-0.3, -0.25) is 0 Å². The van der Waals surface area contributed by atoms with E-state index in [1.807, 2.05) is 22.6 Å². The second-order valence-corrected chi connectivity index (χ2v) is 6.91. The van der Waals surface area contributed by atoms with E-state index in [9.17, 15) is 0 Å². The van der Waals surface area contributed by atoms with Gasteiger partial charge in [0, 0.05) is 23.4 Å². The Morgan fingerprint density at radius 2 is 2.17 bits per heavy atom. The molecule has 2 heterocycles. The lowest BCUT2D eigenvalue weighted by Gasteiger charge is -2.07. The Hall–Kier alpha value is -0.880. The molecule has 0 aromatic carbocycles. The smallest absolute Gasteiger partial charge is 0.138 e. The molecule has 2 rings (SSSR count). The fourth-order valence-electron chi connectivity index (χ4n) is 1.60. The van der Waals surface area contributed by atoms with Gasteiger partial charge in [-0.15, -0.1) is 23.1 Å². The average molecular weight is 282 g/mol. The van der Waals surface area contributed by atoms with Gasteiger partial charge in [-0.25, -0.2) is 14.6 Å². The van der Waals surface area contributed by atoms with Gasteiger partial charge in [-0.2, -0.15) is 5.10 Å². The van der Waals surface area contributed by atoms with Crippen LogP contribution in [-0.4, -0.2) is 19.7 Å². The number of thiazole rings is 1. The molecule has 0 radical (unpaired) electrons. The first-order chi connectivity index (χ1) is 8.65. The van der Waals surface area contributed by atoms with Crippen LogP contribution in [0, 0.1) is 12.8 Å². The Bertz CT molecular complexity index is 490. The summed E-state index contributed by atoms with van der Waals surface area (Å²) in [6, 6.07) is 0. The third-order valence-corrected chi connectivity index (χ3v) is 4.40. The lowest BCUT2D eigenvalue weighted by Crippen LogP contribution is -2.09. The van der Waals surface area contributed by atoms with E-state index in [0.29, 0.717) is 5.92 Å². The van der Waals surface area contributed by atoms with Crippen LogP contribution in [-0.2, 0) is 18.1 Å². The van der Waals surface area contributed by atoms with E-state index in [1.54, 1.807) is 17.7 Å². The summed E-state index contributed by atoms with van der Waals surface area (Å²) in [6.45, 7) is 7.41. The van der Waals surface area contributed by atoms with E-state index in [-0.39, 0.29) is 0 Å². The summed E-state index contributed by atoms with van der Waals surface area (Å²) in [4.78, 5) is 9.95. The number of nitrogens with zero attached hydrogens (tertiary/aromatic N) is 4. The monoisotopic (exact) mass is 282 g/mol. The van der Waals surface area contributed by atoms with Gasteiger partial charge in [0.15, 0.2) is 0 Å². The van der Waals surface area contributed by atoms with Gasteiger partial charge in [0.25, 0.3) is 0 Å². The molecule has 0 bridgehead atoms. The summed E-state index contributed by atoms with van der Waals surface area (Å²) in [5.74, 6) is 3.50. The second kappa shape index (κ2) is 6.33. The molecule has 0 amide bonds. The third kappa shape index (κ3) is 3.81. The molecule has 6 heteroatoms. The maximum Gasteiger partial charge on any atom is 0.138 e. The van der Waals surface area contributed by atoms with Crippen molar-refractivity contribution in [2.75, 3.05) is 0 Å². The van der Waals surface area contributed by atoms with E-state index in [2.05, 4.69) is 35.8 Å². The first-order valence-corrected chi connectivity index (χ1v) is 7.98. The van der Waals surface area contributed by atoms with Gasteiger partial charge in [0.05, 0.1) is 5.75 Å². The van der Waals surface area contributed by atoms with Gasteiger partial charge < -0.3 is 0 Å². The molecular weight excluding hydrogens is 264 g/mol. The van der Waals surface area contributed by atoms with Crippen LogP contribution < -0.4 is 0 Å². The first kappa shape index (κ1) is 13.5. The number of aryl methyl sites for hydroxylation is 1. The van der Waals surface area contributed by atoms with E-state index in [4.69, 9.17) is 0 Å². The summed E-state index contributed by atoms with van der Waals surface area (Å²) in [5.41, 5.74) is 0. The van der Waals surface area contributed by atoms with Crippen molar-refractivity contribution in [3.8, 4) is 0 Å². The highest BCUT2D eigenvalue weighted by atomic mass is 32.2. The average Bonchev–Trinajstić information content (AvgIpc) is 2.88. The zero-order valence-corrected chi connectivity index (χ0v) is 12.6. The molecule has 2 aromatic rings. The molecule has 0 saturated heterocycles. The van der Waals surface area contributed by atoms with Gasteiger partial charge >= 0.3 is 0 Å². The van der Waals surface area contributed by atoms with Crippen LogP contribution in [0.3, 0.4) is 0 Å². The van der Waals surface area contributed by atoms with Crippen LogP contribution in [0.5, 0.6) is 0 Å². The summed E-state index contributed by atoms with van der Waals surface area (Å²) in [5, 5.41) is 5.45. The van der Waals surface area contributed by atoms with Crippen molar-refractivity contribution in [1.82, 2.24) is 19.7 Å². The van der Waals surface area contributed by atoms with Gasteiger partial charge in [0.2, 0.25) is 0 Å². The number of thioether (sulfide) groups is 1. The van der Waals surface area contributed by atoms with Gasteiger partial charge in [0.1, 0.15) is 17.2 Å². The Morgan fingerprint density at radius 3 is 2.83 bits per heavy atom. The van der Waals surface area contributed by atoms with Gasteiger partial charge in [-0.1, -0.05) is 13.8 Å². The highest BCUT2D eigenvalue weighted by Crippen LogP contribution is 2.20. The Morgan fingerprint density at radius 1 is 1.33 bits per heavy atom. The standard InChI is InChI=1S/C12H18N4S2/c1-9(2)5-16-11(14-8-15-16)6-17-7-12-13-4-10(3)18-12/h4,8-9H,5-7H2,1-3H3. The van der Waals surface area contributed by atoms with Crippen LogP contribution in [0.2, 0.25) is 0 Å². The first-order valence-electron chi connectivity index (χ1n) is 6.01. The molecule has 0 aliphatic carbocycles. The van der Waals surface area contributed by atoms with E-state index < -0.39 is 0 Å². The van der Waals surface area contributed by atoms with E-state index in [1.165, 1.54) is 9.88 Å². The fourth-order valence-corrected chi connectivity index (χ4v) is 3.42. The largest absolute Gasteiger partial charge is 0.249 e. The highest BCUT2D eigenvalue weighted by Gasteiger charge is 2.07. The third-order valence-electron chi connectivity index (χ3n) is 2.36. The molecule has 4 nitrogen and oxygen atoms in total. The SMILES string of the molecule is Cc1cnc(CSCc2ncnn2CC(C)C)s1. The molecule has 0 spiro atoms. The molecule has 0 atom stereocenters. The summed E-state index contributed by atoms with van der Waals surface area (Å²) in [6.07, 6.45) is 3.58. The summed E-state index contributed by atoms with van der Waals surface area (Å²) < 4.78 is 2.00. The van der Waals surface area contributed by atoms with Crippen LogP contribution in [0.4, 0.5) is 0 Å².